The van der Waals surface area contributed by atoms with Gasteiger partial charge in [-0.2, -0.15) is 0 Å². The highest BCUT2D eigenvalue weighted by molar-refractivity contribution is 6.31. The van der Waals surface area contributed by atoms with Crippen molar-refractivity contribution in [2.75, 3.05) is 6.54 Å². The number of furan rings is 1. The van der Waals surface area contributed by atoms with Gasteiger partial charge < -0.3 is 19.7 Å². The first-order valence-electron chi connectivity index (χ1n) is 13.1. The number of hydrogen-bond donors (Lipinski definition) is 2. The number of nitrogens with one attached hydrogen (secondary N) is 1. The summed E-state index contributed by atoms with van der Waals surface area (Å²) in [7, 11) is 0. The lowest BCUT2D eigenvalue weighted by Crippen LogP contribution is -2.35. The van der Waals surface area contributed by atoms with Crippen LogP contribution in [0.5, 0.6) is 0 Å². The van der Waals surface area contributed by atoms with E-state index < -0.39 is 12.0 Å². The molecule has 0 saturated heterocycles. The summed E-state index contributed by atoms with van der Waals surface area (Å²) in [5, 5.41) is 12.7. The lowest BCUT2D eigenvalue weighted by molar-refractivity contribution is -0.136. The normalized spacial score (nSPS) is 11.0. The Kier molecular flexibility index (Phi) is 8.46. The van der Waals surface area contributed by atoms with Gasteiger partial charge in [0.2, 0.25) is 0 Å². The number of hydrogen-bond acceptors (Lipinski definition) is 4. The van der Waals surface area contributed by atoms with Crippen LogP contribution in [0.15, 0.2) is 114 Å². The number of aliphatic carboxylic acids is 1. The molecule has 5 aromatic rings. The van der Waals surface area contributed by atoms with Crippen LogP contribution in [0.4, 0.5) is 0 Å². The first-order valence-corrected chi connectivity index (χ1v) is 13.5. The van der Waals surface area contributed by atoms with Crippen LogP contribution < -0.4 is 5.32 Å². The molecular formula is C33H27ClN2O5. The molecule has 0 aliphatic carbocycles. The fourth-order valence-corrected chi connectivity index (χ4v) is 4.89. The summed E-state index contributed by atoms with van der Waals surface area (Å²) in [6.07, 6.45) is -0.157. The third-order valence-electron chi connectivity index (χ3n) is 6.69. The predicted molar refractivity (Wildman–Crippen MR) is 157 cm³/mol. The van der Waals surface area contributed by atoms with Gasteiger partial charge in [-0.3, -0.25) is 14.4 Å². The van der Waals surface area contributed by atoms with Gasteiger partial charge in [0.15, 0.2) is 5.76 Å². The van der Waals surface area contributed by atoms with Gasteiger partial charge in [-0.1, -0.05) is 84.4 Å². The molecule has 1 aromatic heterocycles. The predicted octanol–water partition coefficient (Wildman–Crippen LogP) is 6.72. The third-order valence-corrected chi connectivity index (χ3v) is 6.92. The number of fused-ring (bicyclic) bond motifs is 1. The van der Waals surface area contributed by atoms with Crippen LogP contribution in [0.25, 0.3) is 11.0 Å². The second kappa shape index (κ2) is 12.5. The Bertz CT molecular complexity index is 1630. The lowest BCUT2D eigenvalue weighted by Gasteiger charge is -2.32. The van der Waals surface area contributed by atoms with Gasteiger partial charge >= 0.3 is 5.97 Å². The van der Waals surface area contributed by atoms with Crippen molar-refractivity contribution in [1.82, 2.24) is 10.2 Å². The number of rotatable bonds is 10. The van der Waals surface area contributed by atoms with E-state index in [0.717, 1.165) is 22.1 Å². The zero-order valence-electron chi connectivity index (χ0n) is 22.0. The molecule has 0 bridgehead atoms. The molecule has 0 unspecified atom stereocenters. The van der Waals surface area contributed by atoms with Crippen molar-refractivity contribution in [2.24, 2.45) is 0 Å². The molecule has 0 spiro atoms. The van der Waals surface area contributed by atoms with Crippen LogP contribution in [-0.4, -0.2) is 34.3 Å². The van der Waals surface area contributed by atoms with Crippen molar-refractivity contribution >= 4 is 40.4 Å². The fraction of sp³-hybridized carbons (Fsp3) is 0.121. The quantitative estimate of drug-likeness (QED) is 0.195. The minimum absolute atomic E-state index is 0.0384. The molecule has 0 aliphatic heterocycles. The highest BCUT2D eigenvalue weighted by atomic mass is 35.5. The van der Waals surface area contributed by atoms with Crippen LogP contribution in [0.2, 0.25) is 5.02 Å². The molecule has 7 nitrogen and oxygen atoms in total. The van der Waals surface area contributed by atoms with E-state index in [2.05, 4.69) is 5.32 Å². The van der Waals surface area contributed by atoms with E-state index in [0.29, 0.717) is 16.2 Å². The average Bonchev–Trinajstić information content (AvgIpc) is 3.41. The number of carboxylic acid groups (broad SMARTS) is 1. The SMILES string of the molecule is O=C(O)CCNC(=O)c1ccc(CN(C(=O)c2cc3cc(Cl)ccc3o2)C(c2ccccc2)c2ccccc2)cc1. The smallest absolute Gasteiger partial charge is 0.305 e. The van der Waals surface area contributed by atoms with Crippen LogP contribution in [-0.2, 0) is 11.3 Å². The van der Waals surface area contributed by atoms with Crippen molar-refractivity contribution in [3.05, 3.63) is 142 Å². The van der Waals surface area contributed by atoms with Crippen molar-refractivity contribution in [1.29, 1.82) is 0 Å². The first-order chi connectivity index (χ1) is 19.9. The molecule has 0 fully saturated rings. The van der Waals surface area contributed by atoms with E-state index in [-0.39, 0.29) is 37.1 Å². The molecule has 8 heteroatoms. The highest BCUT2D eigenvalue weighted by Gasteiger charge is 2.30. The zero-order valence-corrected chi connectivity index (χ0v) is 22.8. The van der Waals surface area contributed by atoms with Crippen LogP contribution in [0.3, 0.4) is 0 Å². The number of carboxylic acids is 1. The zero-order chi connectivity index (χ0) is 28.8. The average molecular weight is 567 g/mol. The Balaban J connectivity index is 1.51. The van der Waals surface area contributed by atoms with E-state index in [9.17, 15) is 14.4 Å². The van der Waals surface area contributed by atoms with E-state index in [4.69, 9.17) is 21.1 Å². The Morgan fingerprint density at radius 1 is 0.829 bits per heavy atom. The van der Waals surface area contributed by atoms with Gasteiger partial charge in [-0.15, -0.1) is 0 Å². The molecule has 41 heavy (non-hydrogen) atoms. The number of carbonyl (C=O) groups excluding carboxylic acids is 2. The molecule has 2 amide bonds. The fourth-order valence-electron chi connectivity index (χ4n) is 4.71. The van der Waals surface area contributed by atoms with E-state index in [1.165, 1.54) is 0 Å². The third kappa shape index (κ3) is 6.65. The van der Waals surface area contributed by atoms with Crippen LogP contribution >= 0.6 is 11.6 Å². The Hall–Kier alpha value is -4.88. The minimum atomic E-state index is -0.982. The second-order valence-corrected chi connectivity index (χ2v) is 9.98. The van der Waals surface area contributed by atoms with Crippen molar-refractivity contribution in [3.8, 4) is 0 Å². The van der Waals surface area contributed by atoms with E-state index >= 15 is 0 Å². The number of amides is 2. The summed E-state index contributed by atoms with van der Waals surface area (Å²) in [4.78, 5) is 39.2. The Morgan fingerprint density at radius 2 is 1.46 bits per heavy atom. The maximum Gasteiger partial charge on any atom is 0.305 e. The topological polar surface area (TPSA) is 99.9 Å². The van der Waals surface area contributed by atoms with Crippen molar-refractivity contribution in [2.45, 2.75) is 19.0 Å². The van der Waals surface area contributed by atoms with Gasteiger partial charge in [0.25, 0.3) is 11.8 Å². The van der Waals surface area contributed by atoms with Gasteiger partial charge in [0.1, 0.15) is 5.58 Å². The summed E-state index contributed by atoms with van der Waals surface area (Å²) in [6, 6.07) is 33.0. The van der Waals surface area contributed by atoms with Crippen LogP contribution in [0, 0.1) is 0 Å². The number of nitrogens with zero attached hydrogens (tertiary/aromatic N) is 1. The first kappa shape index (κ1) is 27.7. The number of benzene rings is 4. The standard InChI is InChI=1S/C33H27ClN2O5/c34-27-15-16-28-26(19-27)20-29(41-28)33(40)36(31(23-7-3-1-4-8-23)24-9-5-2-6-10-24)21-22-11-13-25(14-12-22)32(39)35-18-17-30(37)38/h1-16,19-20,31H,17-18,21H2,(H,35,39)(H,37,38). The molecular weight excluding hydrogens is 540 g/mol. The van der Waals surface area contributed by atoms with Crippen LogP contribution in [0.1, 0.15) is 50.1 Å². The summed E-state index contributed by atoms with van der Waals surface area (Å²) in [6.45, 7) is 0.267. The summed E-state index contributed by atoms with van der Waals surface area (Å²) in [5.74, 6) is -1.46. The lowest BCUT2D eigenvalue weighted by atomic mass is 9.96. The Labute approximate surface area is 242 Å². The molecule has 0 radical (unpaired) electrons. The minimum Gasteiger partial charge on any atom is -0.481 e. The number of carbonyl (C=O) groups is 3. The van der Waals surface area contributed by atoms with Crippen molar-refractivity contribution in [3.63, 3.8) is 0 Å². The van der Waals surface area contributed by atoms with E-state index in [1.54, 1.807) is 53.4 Å². The van der Waals surface area contributed by atoms with Gasteiger partial charge in [0.05, 0.1) is 12.5 Å². The maximum atomic E-state index is 14.2. The maximum absolute atomic E-state index is 14.2. The molecule has 1 heterocycles. The molecule has 0 atom stereocenters. The summed E-state index contributed by atoms with van der Waals surface area (Å²) < 4.78 is 5.99. The number of halogens is 1. The monoisotopic (exact) mass is 566 g/mol. The highest BCUT2D eigenvalue weighted by Crippen LogP contribution is 2.33. The molecule has 0 saturated carbocycles. The summed E-state index contributed by atoms with van der Waals surface area (Å²) in [5.41, 5.74) is 3.62. The van der Waals surface area contributed by atoms with Gasteiger partial charge in [0, 0.05) is 29.1 Å². The molecule has 2 N–H and O–H groups in total. The molecule has 0 aliphatic rings. The van der Waals surface area contributed by atoms with E-state index in [1.807, 2.05) is 60.7 Å². The molecule has 5 rings (SSSR count). The largest absolute Gasteiger partial charge is 0.481 e. The Morgan fingerprint density at radius 3 is 2.07 bits per heavy atom. The molecule has 4 aromatic carbocycles. The van der Waals surface area contributed by atoms with Gasteiger partial charge in [-0.25, -0.2) is 0 Å². The summed E-state index contributed by atoms with van der Waals surface area (Å²) >= 11 is 6.17. The molecule has 206 valence electrons. The van der Waals surface area contributed by atoms with Gasteiger partial charge in [-0.05, 0) is 53.1 Å². The second-order valence-electron chi connectivity index (χ2n) is 9.55. The van der Waals surface area contributed by atoms with Crippen molar-refractivity contribution < 1.29 is 23.9 Å².